The van der Waals surface area contributed by atoms with Crippen molar-refractivity contribution in [3.05, 3.63) is 24.3 Å². The van der Waals surface area contributed by atoms with E-state index in [2.05, 4.69) is 12.1 Å². The third-order valence-electron chi connectivity index (χ3n) is 8.40. The van der Waals surface area contributed by atoms with Gasteiger partial charge in [0.2, 0.25) is 0 Å². The molecule has 0 saturated heterocycles. The van der Waals surface area contributed by atoms with Gasteiger partial charge in [-0.25, -0.2) is 0 Å². The molecule has 4 bridgehead atoms. The molecule has 4 aliphatic rings. The van der Waals surface area contributed by atoms with E-state index in [4.69, 9.17) is 19.3 Å². The molecule has 1 aromatic carbocycles. The molecule has 0 aliphatic heterocycles. The lowest BCUT2D eigenvalue weighted by molar-refractivity contribution is -0.0745. The zero-order valence-electron chi connectivity index (χ0n) is 20.8. The first-order valence-electron chi connectivity index (χ1n) is 13.8. The zero-order valence-corrected chi connectivity index (χ0v) is 21.7. The van der Waals surface area contributed by atoms with Gasteiger partial charge >= 0.3 is 7.60 Å². The smallest absolute Gasteiger partial charge is 0.325 e. The highest BCUT2D eigenvalue weighted by molar-refractivity contribution is 7.51. The van der Waals surface area contributed by atoms with Crippen molar-refractivity contribution in [2.75, 3.05) is 19.4 Å². The van der Waals surface area contributed by atoms with Crippen LogP contribution in [0.4, 0.5) is 0 Å². The fourth-order valence-electron chi connectivity index (χ4n) is 7.18. The number of unbranched alkanes of at least 4 members (excludes halogenated alkanes) is 8. The minimum Gasteiger partial charge on any atom is -0.494 e. The van der Waals surface area contributed by atoms with Crippen LogP contribution < -0.4 is 9.47 Å². The van der Waals surface area contributed by atoms with Crippen molar-refractivity contribution < 1.29 is 23.8 Å². The van der Waals surface area contributed by atoms with Crippen molar-refractivity contribution >= 4 is 7.60 Å². The molecular weight excluding hydrogens is 447 g/mol. The van der Waals surface area contributed by atoms with Gasteiger partial charge in [-0.2, -0.15) is 0 Å². The van der Waals surface area contributed by atoms with Gasteiger partial charge in [0.25, 0.3) is 0 Å². The van der Waals surface area contributed by atoms with Crippen LogP contribution in [0.2, 0.25) is 0 Å². The molecule has 0 spiro atoms. The quantitative estimate of drug-likeness (QED) is 0.186. The number of benzene rings is 1. The maximum Gasteiger partial charge on any atom is 0.325 e. The highest BCUT2D eigenvalue weighted by Crippen LogP contribution is 2.60. The van der Waals surface area contributed by atoms with E-state index < -0.39 is 7.60 Å². The molecule has 1 aromatic rings. The Morgan fingerprint density at radius 2 is 1.15 bits per heavy atom. The third kappa shape index (κ3) is 8.28. The summed E-state index contributed by atoms with van der Waals surface area (Å²) in [5, 5.41) is 0. The Labute approximate surface area is 206 Å². The summed E-state index contributed by atoms with van der Waals surface area (Å²) in [5.74, 6) is 4.82. The SMILES string of the molecule is O=P(O)(O)CCCCCCCCCCCOc1ccc(OC[C@]23CC4CC(C[C@H](C4)C2)C3)cc1. The van der Waals surface area contributed by atoms with Crippen molar-refractivity contribution in [2.24, 2.45) is 23.2 Å². The number of ether oxygens (including phenoxy) is 2. The first-order valence-corrected chi connectivity index (χ1v) is 15.6. The van der Waals surface area contributed by atoms with Gasteiger partial charge in [-0.05, 0) is 93.4 Å². The standard InChI is InChI=1S/C28H45O5P/c29-34(30,31)15-9-7-5-3-1-2-4-6-8-14-32-26-10-12-27(13-11-26)33-22-28-19-23-16-24(20-28)18-25(17-23)21-28/h10-13,23-25H,1-9,14-22H2,(H2,29,30,31)/t23-,24?,25?,28-. The second-order valence-corrected chi connectivity index (χ2v) is 13.4. The number of hydrogen-bond acceptors (Lipinski definition) is 3. The van der Waals surface area contributed by atoms with E-state index in [0.717, 1.165) is 68.1 Å². The molecule has 5 rings (SSSR count). The van der Waals surface area contributed by atoms with Gasteiger partial charge in [-0.15, -0.1) is 0 Å². The third-order valence-corrected chi connectivity index (χ3v) is 9.30. The van der Waals surface area contributed by atoms with E-state index in [9.17, 15) is 4.57 Å². The summed E-state index contributed by atoms with van der Waals surface area (Å²) < 4.78 is 23.0. The van der Waals surface area contributed by atoms with Gasteiger partial charge < -0.3 is 19.3 Å². The Morgan fingerprint density at radius 1 is 0.706 bits per heavy atom. The largest absolute Gasteiger partial charge is 0.494 e. The lowest BCUT2D eigenvalue weighted by atomic mass is 9.50. The summed E-state index contributed by atoms with van der Waals surface area (Å²) in [5.41, 5.74) is 0.454. The van der Waals surface area contributed by atoms with E-state index in [0.29, 0.717) is 11.8 Å². The molecule has 4 saturated carbocycles. The summed E-state index contributed by atoms with van der Waals surface area (Å²) >= 11 is 0. The molecule has 0 amide bonds. The molecule has 2 N–H and O–H groups in total. The zero-order chi connectivity index (χ0) is 23.9. The normalized spacial score (nSPS) is 27.8. The van der Waals surface area contributed by atoms with Crippen LogP contribution >= 0.6 is 7.60 Å². The van der Waals surface area contributed by atoms with Gasteiger partial charge in [0.05, 0.1) is 13.2 Å². The molecule has 5 nitrogen and oxygen atoms in total. The lowest BCUT2D eigenvalue weighted by Crippen LogP contribution is -2.48. The van der Waals surface area contributed by atoms with Crippen LogP contribution in [0.3, 0.4) is 0 Å². The lowest BCUT2D eigenvalue weighted by Gasteiger charge is -2.56. The van der Waals surface area contributed by atoms with Crippen molar-refractivity contribution in [3.8, 4) is 11.5 Å². The fraction of sp³-hybridized carbons (Fsp3) is 0.786. The van der Waals surface area contributed by atoms with Crippen LogP contribution in [-0.2, 0) is 4.57 Å². The first-order chi connectivity index (χ1) is 16.4. The van der Waals surface area contributed by atoms with E-state index >= 15 is 0 Å². The van der Waals surface area contributed by atoms with Crippen molar-refractivity contribution in [3.63, 3.8) is 0 Å². The summed E-state index contributed by atoms with van der Waals surface area (Å²) in [7, 11) is -3.80. The summed E-state index contributed by atoms with van der Waals surface area (Å²) in [4.78, 5) is 17.7. The summed E-state index contributed by atoms with van der Waals surface area (Å²) in [6, 6.07) is 8.22. The minimum absolute atomic E-state index is 0.0323. The second-order valence-electron chi connectivity index (χ2n) is 11.6. The number of rotatable bonds is 16. The molecule has 0 aromatic heterocycles. The predicted octanol–water partition coefficient (Wildman–Crippen LogP) is 7.35. The second kappa shape index (κ2) is 12.3. The Balaban J connectivity index is 1.01. The Kier molecular flexibility index (Phi) is 9.41. The fourth-order valence-corrected chi connectivity index (χ4v) is 7.82. The van der Waals surface area contributed by atoms with Crippen LogP contribution in [0.5, 0.6) is 11.5 Å². The first kappa shape index (κ1) is 26.0. The molecule has 6 heteroatoms. The topological polar surface area (TPSA) is 76.0 Å². The van der Waals surface area contributed by atoms with Gasteiger partial charge in [0, 0.05) is 11.6 Å². The van der Waals surface area contributed by atoms with Crippen LogP contribution in [0.15, 0.2) is 24.3 Å². The molecule has 4 fully saturated rings. The molecule has 4 aliphatic carbocycles. The Hall–Kier alpha value is -1.03. The average Bonchev–Trinajstić information content (AvgIpc) is 2.78. The summed E-state index contributed by atoms with van der Waals surface area (Å²) in [6.07, 6.45) is 18.4. The highest BCUT2D eigenvalue weighted by atomic mass is 31.2. The van der Waals surface area contributed by atoms with Crippen LogP contribution in [-0.4, -0.2) is 29.2 Å². The molecule has 34 heavy (non-hydrogen) atoms. The van der Waals surface area contributed by atoms with E-state index in [1.54, 1.807) is 0 Å². The minimum atomic E-state index is -3.80. The Bertz CT molecular complexity index is 751. The van der Waals surface area contributed by atoms with Gasteiger partial charge in [-0.1, -0.05) is 44.9 Å². The summed E-state index contributed by atoms with van der Waals surface area (Å²) in [6.45, 7) is 1.65. The highest BCUT2D eigenvalue weighted by Gasteiger charge is 2.51. The van der Waals surface area contributed by atoms with Gasteiger partial charge in [-0.3, -0.25) is 4.57 Å². The van der Waals surface area contributed by atoms with Crippen LogP contribution in [0.25, 0.3) is 0 Å². The molecule has 0 unspecified atom stereocenters. The van der Waals surface area contributed by atoms with E-state index in [-0.39, 0.29) is 6.16 Å². The Morgan fingerprint density at radius 3 is 1.65 bits per heavy atom. The molecule has 0 atom stereocenters. The maximum absolute atomic E-state index is 10.8. The number of hydrogen-bond donors (Lipinski definition) is 2. The van der Waals surface area contributed by atoms with Crippen molar-refractivity contribution in [1.82, 2.24) is 0 Å². The van der Waals surface area contributed by atoms with E-state index in [1.165, 1.54) is 64.2 Å². The van der Waals surface area contributed by atoms with Gasteiger partial charge in [0.15, 0.2) is 0 Å². The molecule has 0 heterocycles. The molecule has 192 valence electrons. The van der Waals surface area contributed by atoms with Crippen LogP contribution in [0.1, 0.15) is 96.3 Å². The van der Waals surface area contributed by atoms with Crippen LogP contribution in [0, 0.1) is 23.2 Å². The monoisotopic (exact) mass is 492 g/mol. The maximum atomic E-state index is 10.8. The van der Waals surface area contributed by atoms with Gasteiger partial charge in [0.1, 0.15) is 11.5 Å². The average molecular weight is 493 g/mol. The van der Waals surface area contributed by atoms with Crippen molar-refractivity contribution in [1.29, 1.82) is 0 Å². The van der Waals surface area contributed by atoms with Crippen molar-refractivity contribution in [2.45, 2.75) is 96.3 Å². The molecular formula is C28H45O5P. The predicted molar refractivity (Wildman–Crippen MR) is 137 cm³/mol. The van der Waals surface area contributed by atoms with E-state index in [1.807, 2.05) is 12.1 Å². The molecule has 0 radical (unpaired) electrons.